The van der Waals surface area contributed by atoms with Crippen LogP contribution in [0.15, 0.2) is 30.3 Å². The van der Waals surface area contributed by atoms with E-state index in [9.17, 15) is 0 Å². The Balaban J connectivity index is 1.87. The van der Waals surface area contributed by atoms with Gasteiger partial charge in [-0.15, -0.1) is 0 Å². The lowest BCUT2D eigenvalue weighted by molar-refractivity contribution is 0.163. The smallest absolute Gasteiger partial charge is 0.0464 e. The summed E-state index contributed by atoms with van der Waals surface area (Å²) in [4.78, 5) is 0. The molecule has 0 saturated heterocycles. The van der Waals surface area contributed by atoms with Gasteiger partial charge >= 0.3 is 0 Å². The molecule has 1 aromatic rings. The van der Waals surface area contributed by atoms with Gasteiger partial charge in [0, 0.05) is 19.8 Å². The van der Waals surface area contributed by atoms with Crippen molar-refractivity contribution in [2.75, 3.05) is 20.3 Å². The van der Waals surface area contributed by atoms with Crippen molar-refractivity contribution in [1.29, 1.82) is 0 Å². The molecule has 1 N–H and O–H groups in total. The van der Waals surface area contributed by atoms with E-state index in [2.05, 4.69) is 42.6 Å². The van der Waals surface area contributed by atoms with Gasteiger partial charge < -0.3 is 10.1 Å². The zero-order chi connectivity index (χ0) is 13.5. The minimum absolute atomic E-state index is 0.700. The Bertz CT molecular complexity index is 348. The summed E-state index contributed by atoms with van der Waals surface area (Å²) in [5, 5.41) is 3.69. The average molecular weight is 261 g/mol. The first-order chi connectivity index (χ1) is 9.29. The Kier molecular flexibility index (Phi) is 5.87. The lowest BCUT2D eigenvalue weighted by Crippen LogP contribution is -2.30. The van der Waals surface area contributed by atoms with Gasteiger partial charge in [0.15, 0.2) is 0 Å². The van der Waals surface area contributed by atoms with E-state index in [1.165, 1.54) is 24.8 Å². The van der Waals surface area contributed by atoms with Crippen LogP contribution in [0.5, 0.6) is 0 Å². The molecular formula is C17H27NO. The fourth-order valence-corrected chi connectivity index (χ4v) is 2.54. The summed E-state index contributed by atoms with van der Waals surface area (Å²) in [6.07, 6.45) is 5.06. The molecule has 2 heteroatoms. The van der Waals surface area contributed by atoms with Crippen molar-refractivity contribution < 1.29 is 4.74 Å². The highest BCUT2D eigenvalue weighted by atomic mass is 16.5. The maximum Gasteiger partial charge on any atom is 0.0464 e. The van der Waals surface area contributed by atoms with E-state index in [4.69, 9.17) is 4.74 Å². The quantitative estimate of drug-likeness (QED) is 0.736. The van der Waals surface area contributed by atoms with E-state index in [1.807, 2.05) is 0 Å². The Morgan fingerprint density at radius 2 is 2.00 bits per heavy atom. The maximum absolute atomic E-state index is 5.23. The molecule has 1 fully saturated rings. The summed E-state index contributed by atoms with van der Waals surface area (Å²) in [7, 11) is 1.79. The van der Waals surface area contributed by atoms with Crippen molar-refractivity contribution >= 4 is 0 Å². The fraction of sp³-hybridized carbons (Fsp3) is 0.647. The summed E-state index contributed by atoms with van der Waals surface area (Å²) in [5.41, 5.74) is 1.45. The SMILES string of the molecule is COCCC(C)C(CNC1CC1)Cc1ccccc1. The van der Waals surface area contributed by atoms with Crippen molar-refractivity contribution in [2.24, 2.45) is 11.8 Å². The third-order valence-corrected chi connectivity index (χ3v) is 4.17. The molecule has 19 heavy (non-hydrogen) atoms. The highest BCUT2D eigenvalue weighted by Gasteiger charge is 2.24. The molecule has 0 aromatic heterocycles. The van der Waals surface area contributed by atoms with Crippen LogP contribution in [0.3, 0.4) is 0 Å². The van der Waals surface area contributed by atoms with Crippen LogP contribution < -0.4 is 5.32 Å². The molecule has 106 valence electrons. The monoisotopic (exact) mass is 261 g/mol. The minimum Gasteiger partial charge on any atom is -0.385 e. The van der Waals surface area contributed by atoms with Crippen LogP contribution in [0.25, 0.3) is 0 Å². The first-order valence-corrected chi connectivity index (χ1v) is 7.56. The first kappa shape index (κ1) is 14.5. The van der Waals surface area contributed by atoms with E-state index in [0.29, 0.717) is 11.8 Å². The fourth-order valence-electron chi connectivity index (χ4n) is 2.54. The van der Waals surface area contributed by atoms with E-state index in [-0.39, 0.29) is 0 Å². The van der Waals surface area contributed by atoms with E-state index in [0.717, 1.165) is 25.6 Å². The summed E-state index contributed by atoms with van der Waals surface area (Å²) < 4.78 is 5.23. The first-order valence-electron chi connectivity index (χ1n) is 7.56. The predicted molar refractivity (Wildman–Crippen MR) is 80.3 cm³/mol. The Labute approximate surface area is 117 Å². The van der Waals surface area contributed by atoms with Crippen LogP contribution in [0, 0.1) is 11.8 Å². The van der Waals surface area contributed by atoms with Gasteiger partial charge in [-0.2, -0.15) is 0 Å². The number of hydrogen-bond donors (Lipinski definition) is 1. The van der Waals surface area contributed by atoms with Gasteiger partial charge in [-0.1, -0.05) is 37.3 Å². The van der Waals surface area contributed by atoms with Crippen molar-refractivity contribution in [3.63, 3.8) is 0 Å². The second-order valence-corrected chi connectivity index (χ2v) is 5.89. The van der Waals surface area contributed by atoms with E-state index < -0.39 is 0 Å². The molecule has 1 aliphatic carbocycles. The molecule has 2 atom stereocenters. The van der Waals surface area contributed by atoms with Crippen LogP contribution in [0.2, 0.25) is 0 Å². The van der Waals surface area contributed by atoms with Crippen molar-refractivity contribution in [3.05, 3.63) is 35.9 Å². The standard InChI is InChI=1S/C17H27NO/c1-14(10-11-19-2)16(13-18-17-8-9-17)12-15-6-4-3-5-7-15/h3-7,14,16-18H,8-13H2,1-2H3. The van der Waals surface area contributed by atoms with E-state index >= 15 is 0 Å². The van der Waals surface area contributed by atoms with Gasteiger partial charge in [0.05, 0.1) is 0 Å². The number of nitrogens with one attached hydrogen (secondary N) is 1. The lowest BCUT2D eigenvalue weighted by Gasteiger charge is -2.24. The Hall–Kier alpha value is -0.860. The second kappa shape index (κ2) is 7.66. The third kappa shape index (κ3) is 5.33. The van der Waals surface area contributed by atoms with Gasteiger partial charge in [0.25, 0.3) is 0 Å². The summed E-state index contributed by atoms with van der Waals surface area (Å²) in [6.45, 7) is 4.38. The molecule has 2 rings (SSSR count). The number of methoxy groups -OCH3 is 1. The minimum atomic E-state index is 0.700. The molecular weight excluding hydrogens is 234 g/mol. The highest BCUT2D eigenvalue weighted by molar-refractivity contribution is 5.15. The predicted octanol–water partition coefficient (Wildman–Crippen LogP) is 3.27. The molecule has 2 nitrogen and oxygen atoms in total. The molecule has 0 heterocycles. The van der Waals surface area contributed by atoms with Crippen LogP contribution in [-0.4, -0.2) is 26.3 Å². The molecule has 2 unspecified atom stereocenters. The van der Waals surface area contributed by atoms with Crippen LogP contribution >= 0.6 is 0 Å². The zero-order valence-electron chi connectivity index (χ0n) is 12.3. The molecule has 0 amide bonds. The van der Waals surface area contributed by atoms with Crippen LogP contribution in [0.4, 0.5) is 0 Å². The highest BCUT2D eigenvalue weighted by Crippen LogP contribution is 2.23. The number of ether oxygens (including phenoxy) is 1. The third-order valence-electron chi connectivity index (χ3n) is 4.17. The van der Waals surface area contributed by atoms with Crippen LogP contribution in [0.1, 0.15) is 31.7 Å². The molecule has 1 aromatic carbocycles. The Morgan fingerprint density at radius 1 is 1.26 bits per heavy atom. The molecule has 0 bridgehead atoms. The second-order valence-electron chi connectivity index (χ2n) is 5.89. The molecule has 0 radical (unpaired) electrons. The topological polar surface area (TPSA) is 21.3 Å². The van der Waals surface area contributed by atoms with Gasteiger partial charge in [-0.3, -0.25) is 0 Å². The number of rotatable bonds is 9. The Morgan fingerprint density at radius 3 is 2.63 bits per heavy atom. The van der Waals surface area contributed by atoms with Gasteiger partial charge in [-0.05, 0) is 49.6 Å². The van der Waals surface area contributed by atoms with Gasteiger partial charge in [0.1, 0.15) is 0 Å². The summed E-state index contributed by atoms with van der Waals surface area (Å²) >= 11 is 0. The summed E-state index contributed by atoms with van der Waals surface area (Å²) in [6, 6.07) is 11.7. The molecule has 0 spiro atoms. The van der Waals surface area contributed by atoms with Crippen molar-refractivity contribution in [1.82, 2.24) is 5.32 Å². The van der Waals surface area contributed by atoms with Crippen molar-refractivity contribution in [2.45, 2.75) is 38.6 Å². The number of benzene rings is 1. The maximum atomic E-state index is 5.23. The molecule has 1 saturated carbocycles. The van der Waals surface area contributed by atoms with E-state index in [1.54, 1.807) is 7.11 Å². The average Bonchev–Trinajstić information content (AvgIpc) is 3.26. The summed E-state index contributed by atoms with van der Waals surface area (Å²) in [5.74, 6) is 1.41. The van der Waals surface area contributed by atoms with Crippen LogP contribution in [-0.2, 0) is 11.2 Å². The lowest BCUT2D eigenvalue weighted by atomic mass is 9.86. The molecule has 0 aliphatic heterocycles. The van der Waals surface area contributed by atoms with Gasteiger partial charge in [-0.25, -0.2) is 0 Å². The number of hydrogen-bond acceptors (Lipinski definition) is 2. The molecule has 1 aliphatic rings. The normalized spacial score (nSPS) is 18.2. The largest absolute Gasteiger partial charge is 0.385 e. The zero-order valence-corrected chi connectivity index (χ0v) is 12.3. The van der Waals surface area contributed by atoms with Gasteiger partial charge in [0.2, 0.25) is 0 Å². The van der Waals surface area contributed by atoms with Crippen molar-refractivity contribution in [3.8, 4) is 0 Å².